The first-order valence-electron chi connectivity index (χ1n) is 6.21. The molecule has 1 aromatic carbocycles. The molecule has 6 nitrogen and oxygen atoms in total. The van der Waals surface area contributed by atoms with Gasteiger partial charge in [0.25, 0.3) is 0 Å². The third-order valence-corrected chi connectivity index (χ3v) is 2.93. The van der Waals surface area contributed by atoms with Gasteiger partial charge in [-0.15, -0.1) is 0 Å². The van der Waals surface area contributed by atoms with Crippen LogP contribution in [-0.4, -0.2) is 42.8 Å². The minimum Gasteiger partial charge on any atom is -0.395 e. The predicted molar refractivity (Wildman–Crippen MR) is 70.8 cm³/mol. The normalized spacial score (nSPS) is 18.5. The number of hydrogen-bond acceptors (Lipinski definition) is 3. The summed E-state index contributed by atoms with van der Waals surface area (Å²) in [6, 6.07) is 8.81. The first-order chi connectivity index (χ1) is 9.20. The largest absolute Gasteiger partial charge is 0.395 e. The van der Waals surface area contributed by atoms with Gasteiger partial charge in [-0.1, -0.05) is 18.2 Å². The Hall–Kier alpha value is -2.08. The minimum absolute atomic E-state index is 0.00124. The molecule has 1 saturated heterocycles. The van der Waals surface area contributed by atoms with Crippen LogP contribution in [0.25, 0.3) is 0 Å². The van der Waals surface area contributed by atoms with Gasteiger partial charge in [0.05, 0.1) is 12.6 Å². The molecule has 0 saturated carbocycles. The molecule has 0 aliphatic carbocycles. The molecule has 3 amide bonds. The van der Waals surface area contributed by atoms with Crippen molar-refractivity contribution in [2.45, 2.75) is 12.5 Å². The molecule has 0 spiro atoms. The fourth-order valence-corrected chi connectivity index (χ4v) is 2.07. The zero-order valence-electron chi connectivity index (χ0n) is 10.5. The van der Waals surface area contributed by atoms with Crippen LogP contribution in [0.15, 0.2) is 30.3 Å². The average Bonchev–Trinajstić information content (AvgIpc) is 2.78. The molecule has 0 bridgehead atoms. The Morgan fingerprint density at radius 1 is 1.37 bits per heavy atom. The fourth-order valence-electron chi connectivity index (χ4n) is 2.07. The molecule has 0 aromatic heterocycles. The van der Waals surface area contributed by atoms with E-state index in [-0.39, 0.29) is 31.1 Å². The van der Waals surface area contributed by atoms with Crippen LogP contribution in [0.3, 0.4) is 0 Å². The van der Waals surface area contributed by atoms with Crippen LogP contribution in [0.2, 0.25) is 0 Å². The van der Waals surface area contributed by atoms with Gasteiger partial charge >= 0.3 is 6.03 Å². The first kappa shape index (κ1) is 13.4. The van der Waals surface area contributed by atoms with Crippen LogP contribution in [-0.2, 0) is 4.79 Å². The van der Waals surface area contributed by atoms with E-state index in [9.17, 15) is 9.59 Å². The van der Waals surface area contributed by atoms with Crippen molar-refractivity contribution in [1.82, 2.24) is 10.6 Å². The summed E-state index contributed by atoms with van der Waals surface area (Å²) in [5, 5.41) is 13.8. The van der Waals surface area contributed by atoms with Crippen molar-refractivity contribution in [3.8, 4) is 0 Å². The molecule has 0 unspecified atom stereocenters. The summed E-state index contributed by atoms with van der Waals surface area (Å²) in [6.07, 6.45) is 0.293. The Balaban J connectivity index is 1.91. The van der Waals surface area contributed by atoms with E-state index in [1.807, 2.05) is 30.3 Å². The first-order valence-corrected chi connectivity index (χ1v) is 6.21. The molecule has 102 valence electrons. The molecule has 1 fully saturated rings. The van der Waals surface area contributed by atoms with Crippen LogP contribution < -0.4 is 15.5 Å². The highest BCUT2D eigenvalue weighted by Crippen LogP contribution is 2.20. The maximum Gasteiger partial charge on any atom is 0.315 e. The number of aliphatic hydroxyl groups excluding tert-OH is 1. The number of nitrogens with one attached hydrogen (secondary N) is 2. The van der Waals surface area contributed by atoms with Crippen molar-refractivity contribution in [1.29, 1.82) is 0 Å². The van der Waals surface area contributed by atoms with Crippen molar-refractivity contribution in [3.63, 3.8) is 0 Å². The van der Waals surface area contributed by atoms with Gasteiger partial charge in [-0.25, -0.2) is 4.79 Å². The number of carbonyl (C=O) groups is 2. The lowest BCUT2D eigenvalue weighted by Gasteiger charge is -2.17. The molecule has 1 aliphatic rings. The van der Waals surface area contributed by atoms with Crippen molar-refractivity contribution in [3.05, 3.63) is 30.3 Å². The number of nitrogens with zero attached hydrogens (tertiary/aromatic N) is 1. The van der Waals surface area contributed by atoms with E-state index < -0.39 is 0 Å². The SMILES string of the molecule is O=C(NCCO)N[C@@H]1CC(=O)N(c2ccccc2)C1. The fraction of sp³-hybridized carbons (Fsp3) is 0.385. The molecule has 1 aromatic rings. The molecule has 19 heavy (non-hydrogen) atoms. The number of carbonyl (C=O) groups excluding carboxylic acids is 2. The van der Waals surface area contributed by atoms with E-state index in [1.165, 1.54) is 0 Å². The highest BCUT2D eigenvalue weighted by molar-refractivity contribution is 5.96. The molecule has 3 N–H and O–H groups in total. The van der Waals surface area contributed by atoms with E-state index in [4.69, 9.17) is 5.11 Å². The van der Waals surface area contributed by atoms with Gasteiger partial charge in [0.15, 0.2) is 0 Å². The monoisotopic (exact) mass is 263 g/mol. The summed E-state index contributed by atoms with van der Waals surface area (Å²) in [5.41, 5.74) is 0.840. The van der Waals surface area contributed by atoms with E-state index in [1.54, 1.807) is 4.90 Å². The number of urea groups is 1. The summed E-state index contributed by atoms with van der Waals surface area (Å²) in [7, 11) is 0. The lowest BCUT2D eigenvalue weighted by Crippen LogP contribution is -2.44. The zero-order chi connectivity index (χ0) is 13.7. The number of amides is 3. The molecular weight excluding hydrogens is 246 g/mol. The van der Waals surface area contributed by atoms with Gasteiger partial charge in [0, 0.05) is 25.2 Å². The van der Waals surface area contributed by atoms with Crippen LogP contribution in [0.4, 0.5) is 10.5 Å². The standard InChI is InChI=1S/C13H17N3O3/c17-7-6-14-13(19)15-10-8-12(18)16(9-10)11-4-2-1-3-5-11/h1-5,10,17H,6-9H2,(H2,14,15,19)/t10-/m1/s1. The van der Waals surface area contributed by atoms with Crippen molar-refractivity contribution < 1.29 is 14.7 Å². The van der Waals surface area contributed by atoms with Gasteiger partial charge in [0.2, 0.25) is 5.91 Å². The number of benzene rings is 1. The maximum atomic E-state index is 11.9. The molecule has 0 radical (unpaired) electrons. The van der Waals surface area contributed by atoms with Crippen LogP contribution in [0.1, 0.15) is 6.42 Å². The number of hydrogen-bond donors (Lipinski definition) is 3. The van der Waals surface area contributed by atoms with Crippen molar-refractivity contribution in [2.24, 2.45) is 0 Å². The Kier molecular flexibility index (Phi) is 4.35. The van der Waals surface area contributed by atoms with E-state index in [0.29, 0.717) is 13.0 Å². The van der Waals surface area contributed by atoms with E-state index in [2.05, 4.69) is 10.6 Å². The zero-order valence-corrected chi connectivity index (χ0v) is 10.5. The summed E-state index contributed by atoms with van der Waals surface area (Å²) in [4.78, 5) is 25.0. The molecule has 1 atom stereocenters. The lowest BCUT2D eigenvalue weighted by molar-refractivity contribution is -0.117. The Morgan fingerprint density at radius 2 is 2.11 bits per heavy atom. The molecule has 1 aliphatic heterocycles. The number of anilines is 1. The summed E-state index contributed by atoms with van der Waals surface area (Å²) < 4.78 is 0. The smallest absolute Gasteiger partial charge is 0.315 e. The van der Waals surface area contributed by atoms with Gasteiger partial charge < -0.3 is 20.6 Å². The summed E-state index contributed by atoms with van der Waals surface area (Å²) in [5.74, 6) is -0.00124. The quantitative estimate of drug-likeness (QED) is 0.719. The van der Waals surface area contributed by atoms with Crippen LogP contribution in [0.5, 0.6) is 0 Å². The van der Waals surface area contributed by atoms with Gasteiger partial charge in [0.1, 0.15) is 0 Å². The topological polar surface area (TPSA) is 81.7 Å². The Labute approximate surface area is 111 Å². The Bertz CT molecular complexity index is 450. The third kappa shape index (κ3) is 3.45. The number of aliphatic hydroxyl groups is 1. The predicted octanol–water partition coefficient (Wildman–Crippen LogP) is 0.0834. The van der Waals surface area contributed by atoms with Gasteiger partial charge in [-0.3, -0.25) is 4.79 Å². The third-order valence-electron chi connectivity index (χ3n) is 2.93. The van der Waals surface area contributed by atoms with E-state index in [0.717, 1.165) is 5.69 Å². The summed E-state index contributed by atoms with van der Waals surface area (Å²) >= 11 is 0. The second kappa shape index (κ2) is 6.19. The van der Waals surface area contributed by atoms with Crippen molar-refractivity contribution in [2.75, 3.05) is 24.6 Å². The average molecular weight is 263 g/mol. The highest BCUT2D eigenvalue weighted by Gasteiger charge is 2.31. The van der Waals surface area contributed by atoms with Gasteiger partial charge in [-0.05, 0) is 12.1 Å². The second-order valence-electron chi connectivity index (χ2n) is 4.36. The molecular formula is C13H17N3O3. The maximum absolute atomic E-state index is 11.9. The number of para-hydroxylation sites is 1. The van der Waals surface area contributed by atoms with Crippen LogP contribution in [0, 0.1) is 0 Å². The van der Waals surface area contributed by atoms with Crippen LogP contribution >= 0.6 is 0 Å². The molecule has 6 heteroatoms. The lowest BCUT2D eigenvalue weighted by atomic mass is 10.2. The molecule has 2 rings (SSSR count). The molecule has 1 heterocycles. The van der Waals surface area contributed by atoms with Gasteiger partial charge in [-0.2, -0.15) is 0 Å². The summed E-state index contributed by atoms with van der Waals surface area (Å²) in [6.45, 7) is 0.567. The Morgan fingerprint density at radius 3 is 2.79 bits per heavy atom. The second-order valence-corrected chi connectivity index (χ2v) is 4.36. The van der Waals surface area contributed by atoms with Crippen molar-refractivity contribution >= 4 is 17.6 Å². The number of rotatable bonds is 4. The highest BCUT2D eigenvalue weighted by atomic mass is 16.3. The van der Waals surface area contributed by atoms with E-state index >= 15 is 0 Å². The minimum atomic E-state index is -0.359.